The SMILES string of the molecule is CCCCC/C=C/C/C=C/C/C=C/C/C=C/CCCC(=O)O[C@H](COC(=O)CCCCCCC/C=C/CCCCCCCC)COP(=O)(O)OCC[N+](C)(C)C. The van der Waals surface area contributed by atoms with Crippen LogP contribution in [-0.4, -0.2) is 74.9 Å². The van der Waals surface area contributed by atoms with Gasteiger partial charge in [0.25, 0.3) is 0 Å². The molecule has 1 N–H and O–H groups in total. The van der Waals surface area contributed by atoms with E-state index in [1.807, 2.05) is 27.2 Å². The lowest BCUT2D eigenvalue weighted by Gasteiger charge is -2.24. The predicted octanol–water partition coefficient (Wildman–Crippen LogP) is 12.5. The van der Waals surface area contributed by atoms with Gasteiger partial charge in [0.1, 0.15) is 19.8 Å². The van der Waals surface area contributed by atoms with Gasteiger partial charge in [-0.3, -0.25) is 18.6 Å². The van der Waals surface area contributed by atoms with Gasteiger partial charge in [0.2, 0.25) is 0 Å². The standard InChI is InChI=1S/C46H82NO8P/c1-6-8-10-12-14-16-18-20-22-23-25-27-29-31-33-35-37-39-46(49)55-44(43-54-56(50,51)53-41-40-47(3,4)5)42-52-45(48)38-36-34-32-30-28-26-24-21-19-17-15-13-11-9-7-2/h14,16,20-22,24-25,27,31,33,44H,6-13,15,17-19,23,26,28-30,32,34-43H2,1-5H3/p+1/b16-14+,22-20+,24-21+,27-25+,33-31+/t44-/m1/s1. The maximum absolute atomic E-state index is 12.7. The number of hydrogen-bond donors (Lipinski definition) is 1. The van der Waals surface area contributed by atoms with E-state index in [1.165, 1.54) is 70.6 Å². The number of likely N-dealkylation sites (N-methyl/N-ethyl adjacent to an activating group) is 1. The molecule has 0 aromatic heterocycles. The minimum atomic E-state index is -4.39. The Kier molecular flexibility index (Phi) is 36.7. The quantitative estimate of drug-likeness (QED) is 0.0215. The number of carbonyl (C=O) groups excluding carboxylic acids is 2. The molecule has 10 heteroatoms. The Balaban J connectivity index is 4.49. The molecule has 0 aliphatic carbocycles. The van der Waals surface area contributed by atoms with Gasteiger partial charge in [-0.25, -0.2) is 4.57 Å². The van der Waals surface area contributed by atoms with E-state index in [9.17, 15) is 19.0 Å². The van der Waals surface area contributed by atoms with E-state index in [4.69, 9.17) is 18.5 Å². The lowest BCUT2D eigenvalue weighted by Crippen LogP contribution is -2.37. The molecule has 0 radical (unpaired) electrons. The smallest absolute Gasteiger partial charge is 0.462 e. The predicted molar refractivity (Wildman–Crippen MR) is 233 cm³/mol. The van der Waals surface area contributed by atoms with Crippen molar-refractivity contribution < 1.29 is 42.1 Å². The highest BCUT2D eigenvalue weighted by Gasteiger charge is 2.27. The van der Waals surface area contributed by atoms with E-state index >= 15 is 0 Å². The lowest BCUT2D eigenvalue weighted by molar-refractivity contribution is -0.870. The Hall–Kier alpha value is -2.29. The Morgan fingerprint density at radius 2 is 0.982 bits per heavy atom. The van der Waals surface area contributed by atoms with Crippen molar-refractivity contribution in [1.29, 1.82) is 0 Å². The van der Waals surface area contributed by atoms with Gasteiger partial charge >= 0.3 is 19.8 Å². The molecule has 0 aliphatic heterocycles. The number of unbranched alkanes of at least 4 members (excludes halogenated alkanes) is 15. The molecule has 0 saturated carbocycles. The van der Waals surface area contributed by atoms with E-state index in [1.54, 1.807) is 0 Å². The molecule has 1 unspecified atom stereocenters. The van der Waals surface area contributed by atoms with Crippen molar-refractivity contribution in [3.8, 4) is 0 Å². The molecule has 0 amide bonds. The van der Waals surface area contributed by atoms with Crippen LogP contribution in [0.1, 0.15) is 168 Å². The molecule has 0 fully saturated rings. The number of ether oxygens (including phenoxy) is 2. The number of allylic oxidation sites excluding steroid dienone is 10. The summed E-state index contributed by atoms with van der Waals surface area (Å²) in [6, 6.07) is 0. The van der Waals surface area contributed by atoms with Crippen molar-refractivity contribution in [3.05, 3.63) is 60.8 Å². The van der Waals surface area contributed by atoms with Crippen molar-refractivity contribution in [2.75, 3.05) is 47.5 Å². The van der Waals surface area contributed by atoms with Gasteiger partial charge in [-0.05, 0) is 77.0 Å². The summed E-state index contributed by atoms with van der Waals surface area (Å²) in [6.07, 6.45) is 45.6. The Morgan fingerprint density at radius 3 is 1.54 bits per heavy atom. The van der Waals surface area contributed by atoms with Crippen LogP contribution in [0.2, 0.25) is 0 Å². The number of phosphoric acid groups is 1. The fraction of sp³-hybridized carbons (Fsp3) is 0.739. The van der Waals surface area contributed by atoms with Crippen LogP contribution in [0.4, 0.5) is 0 Å². The second-order valence-electron chi connectivity index (χ2n) is 15.7. The molecule has 56 heavy (non-hydrogen) atoms. The third kappa shape index (κ3) is 41.3. The number of rotatable bonds is 39. The summed E-state index contributed by atoms with van der Waals surface area (Å²) >= 11 is 0. The van der Waals surface area contributed by atoms with Gasteiger partial charge in [0.05, 0.1) is 27.7 Å². The molecule has 0 aromatic carbocycles. The van der Waals surface area contributed by atoms with Crippen LogP contribution in [0.25, 0.3) is 0 Å². The summed E-state index contributed by atoms with van der Waals surface area (Å²) in [5, 5.41) is 0. The maximum atomic E-state index is 12.7. The third-order valence-electron chi connectivity index (χ3n) is 9.02. The first kappa shape index (κ1) is 53.7. The van der Waals surface area contributed by atoms with Gasteiger partial charge in [0, 0.05) is 12.8 Å². The fourth-order valence-corrected chi connectivity index (χ4v) is 6.27. The van der Waals surface area contributed by atoms with Crippen molar-refractivity contribution in [3.63, 3.8) is 0 Å². The van der Waals surface area contributed by atoms with Crippen molar-refractivity contribution >= 4 is 19.8 Å². The molecule has 2 atom stereocenters. The first-order valence-corrected chi connectivity index (χ1v) is 23.5. The van der Waals surface area contributed by atoms with E-state index in [-0.39, 0.29) is 26.1 Å². The second-order valence-corrected chi connectivity index (χ2v) is 17.2. The van der Waals surface area contributed by atoms with E-state index in [2.05, 4.69) is 68.5 Å². The van der Waals surface area contributed by atoms with Crippen LogP contribution in [0.15, 0.2) is 60.8 Å². The average molecular weight is 809 g/mol. The van der Waals surface area contributed by atoms with Gasteiger partial charge in [-0.2, -0.15) is 0 Å². The zero-order chi connectivity index (χ0) is 41.4. The van der Waals surface area contributed by atoms with E-state index < -0.39 is 32.5 Å². The van der Waals surface area contributed by atoms with Crippen LogP contribution in [0.5, 0.6) is 0 Å². The van der Waals surface area contributed by atoms with Gasteiger partial charge in [0.15, 0.2) is 6.10 Å². The molecule has 0 rings (SSSR count). The highest BCUT2D eigenvalue weighted by molar-refractivity contribution is 7.47. The zero-order valence-corrected chi connectivity index (χ0v) is 37.2. The summed E-state index contributed by atoms with van der Waals surface area (Å²) in [6.45, 7) is 4.30. The van der Waals surface area contributed by atoms with Crippen LogP contribution < -0.4 is 0 Å². The van der Waals surface area contributed by atoms with E-state index in [0.29, 0.717) is 23.9 Å². The Bertz CT molecular complexity index is 1140. The largest absolute Gasteiger partial charge is 0.472 e. The fourth-order valence-electron chi connectivity index (χ4n) is 5.53. The van der Waals surface area contributed by atoms with Crippen LogP contribution in [-0.2, 0) is 32.7 Å². The zero-order valence-electron chi connectivity index (χ0n) is 36.3. The minimum Gasteiger partial charge on any atom is -0.462 e. The third-order valence-corrected chi connectivity index (χ3v) is 10.0. The number of quaternary nitrogens is 1. The Morgan fingerprint density at radius 1 is 0.554 bits per heavy atom. The van der Waals surface area contributed by atoms with Crippen LogP contribution in [0, 0.1) is 0 Å². The van der Waals surface area contributed by atoms with Crippen molar-refractivity contribution in [2.45, 2.75) is 174 Å². The monoisotopic (exact) mass is 809 g/mol. The van der Waals surface area contributed by atoms with E-state index in [0.717, 1.165) is 57.8 Å². The normalized spacial score (nSPS) is 14.2. The lowest BCUT2D eigenvalue weighted by atomic mass is 10.1. The summed E-state index contributed by atoms with van der Waals surface area (Å²) in [4.78, 5) is 35.3. The summed E-state index contributed by atoms with van der Waals surface area (Å²) < 4.78 is 34.2. The first-order valence-electron chi connectivity index (χ1n) is 22.0. The van der Waals surface area contributed by atoms with Gasteiger partial charge < -0.3 is 18.9 Å². The number of carbonyl (C=O) groups is 2. The number of nitrogens with zero attached hydrogens (tertiary/aromatic N) is 1. The van der Waals surface area contributed by atoms with Crippen molar-refractivity contribution in [1.82, 2.24) is 0 Å². The molecular formula is C46H83NO8P+. The minimum absolute atomic E-state index is 0.0180. The Labute approximate surface area is 343 Å². The van der Waals surface area contributed by atoms with Crippen molar-refractivity contribution in [2.24, 2.45) is 0 Å². The highest BCUT2D eigenvalue weighted by Crippen LogP contribution is 2.43. The first-order chi connectivity index (χ1) is 27.0. The topological polar surface area (TPSA) is 108 Å². The summed E-state index contributed by atoms with van der Waals surface area (Å²) in [5.41, 5.74) is 0. The van der Waals surface area contributed by atoms with Crippen LogP contribution in [0.3, 0.4) is 0 Å². The average Bonchev–Trinajstić information content (AvgIpc) is 3.15. The summed E-state index contributed by atoms with van der Waals surface area (Å²) in [7, 11) is 1.43. The van der Waals surface area contributed by atoms with Gasteiger partial charge in [-0.15, -0.1) is 0 Å². The summed E-state index contributed by atoms with van der Waals surface area (Å²) in [5.74, 6) is -0.878. The number of hydrogen-bond acceptors (Lipinski definition) is 7. The molecule has 324 valence electrons. The molecule has 9 nitrogen and oxygen atoms in total. The molecular weight excluding hydrogens is 725 g/mol. The molecule has 0 aliphatic rings. The maximum Gasteiger partial charge on any atom is 0.472 e. The number of esters is 2. The second kappa shape index (κ2) is 38.2. The van der Waals surface area contributed by atoms with Crippen LogP contribution >= 0.6 is 7.82 Å². The number of phosphoric ester groups is 1. The molecule has 0 heterocycles. The molecule has 0 bridgehead atoms. The molecule has 0 saturated heterocycles. The van der Waals surface area contributed by atoms with Gasteiger partial charge in [-0.1, -0.05) is 139 Å². The molecule has 0 aromatic rings. The highest BCUT2D eigenvalue weighted by atomic mass is 31.2. The molecule has 0 spiro atoms.